The lowest BCUT2D eigenvalue weighted by molar-refractivity contribution is -0.163. The number of nitrogens with zero attached hydrogens (tertiary/aromatic N) is 1. The first-order valence-electron chi connectivity index (χ1n) is 9.07. The van der Waals surface area contributed by atoms with Gasteiger partial charge < -0.3 is 19.5 Å². The second kappa shape index (κ2) is 6.59. The number of aliphatic carboxylic acids is 1. The summed E-state index contributed by atoms with van der Waals surface area (Å²) in [7, 11) is 0. The van der Waals surface area contributed by atoms with Gasteiger partial charge >= 0.3 is 11.9 Å². The zero-order valence-corrected chi connectivity index (χ0v) is 15.1. The van der Waals surface area contributed by atoms with Gasteiger partial charge in [-0.05, 0) is 46.5 Å². The van der Waals surface area contributed by atoms with Crippen molar-refractivity contribution in [3.05, 3.63) is 0 Å². The Morgan fingerprint density at radius 2 is 1.56 bits per heavy atom. The lowest BCUT2D eigenvalue weighted by Crippen LogP contribution is -2.49. The molecule has 7 heteroatoms. The number of likely N-dealkylation sites (tertiary alicyclic amines) is 1. The molecule has 2 bridgehead atoms. The zero-order chi connectivity index (χ0) is 18.4. The number of carboxylic acids is 1. The Hall–Kier alpha value is -1.63. The topological polar surface area (TPSA) is 93.1 Å². The minimum Gasteiger partial charge on any atom is -0.481 e. The number of carbonyl (C=O) groups excluding carboxylic acids is 2. The molecule has 0 aromatic heterocycles. The average molecular weight is 353 g/mol. The van der Waals surface area contributed by atoms with Gasteiger partial charge in [0, 0.05) is 13.1 Å². The van der Waals surface area contributed by atoms with Crippen LogP contribution >= 0.6 is 0 Å². The van der Waals surface area contributed by atoms with Crippen LogP contribution in [-0.4, -0.2) is 58.8 Å². The number of amides is 1. The van der Waals surface area contributed by atoms with Crippen LogP contribution < -0.4 is 0 Å². The van der Waals surface area contributed by atoms with E-state index >= 15 is 0 Å². The summed E-state index contributed by atoms with van der Waals surface area (Å²) in [6.07, 6.45) is 1.96. The Kier molecular flexibility index (Phi) is 4.79. The van der Waals surface area contributed by atoms with Crippen LogP contribution in [0, 0.1) is 17.8 Å². The van der Waals surface area contributed by atoms with Gasteiger partial charge in [0.05, 0.1) is 30.0 Å². The molecule has 4 atom stereocenters. The molecule has 0 aliphatic carbocycles. The maximum atomic E-state index is 12.9. The van der Waals surface area contributed by atoms with E-state index in [4.69, 9.17) is 9.47 Å². The SMILES string of the molecule is CC(C)(C)OC(=O)C1CCN(C(=O)C2C3CCC(O3)C2C(=O)O)CC1. The molecule has 0 radical (unpaired) electrons. The van der Waals surface area contributed by atoms with Crippen LogP contribution in [0.25, 0.3) is 0 Å². The van der Waals surface area contributed by atoms with E-state index in [1.54, 1.807) is 4.90 Å². The molecule has 0 aromatic rings. The molecule has 7 nitrogen and oxygen atoms in total. The highest BCUT2D eigenvalue weighted by Gasteiger charge is 2.56. The van der Waals surface area contributed by atoms with Crippen LogP contribution in [0.1, 0.15) is 46.5 Å². The summed E-state index contributed by atoms with van der Waals surface area (Å²) in [4.78, 5) is 38.3. The molecule has 0 saturated carbocycles. The minimum atomic E-state index is -0.950. The van der Waals surface area contributed by atoms with Gasteiger partial charge in [-0.3, -0.25) is 14.4 Å². The van der Waals surface area contributed by atoms with Crippen molar-refractivity contribution in [2.75, 3.05) is 13.1 Å². The Balaban J connectivity index is 1.59. The quantitative estimate of drug-likeness (QED) is 0.772. The second-order valence-electron chi connectivity index (χ2n) is 8.31. The zero-order valence-electron chi connectivity index (χ0n) is 15.1. The van der Waals surface area contributed by atoms with Gasteiger partial charge in [-0.25, -0.2) is 0 Å². The third-order valence-electron chi connectivity index (χ3n) is 5.39. The molecule has 4 unspecified atom stereocenters. The lowest BCUT2D eigenvalue weighted by Gasteiger charge is -2.35. The van der Waals surface area contributed by atoms with Crippen molar-refractivity contribution >= 4 is 17.8 Å². The van der Waals surface area contributed by atoms with Crippen LogP contribution in [0.5, 0.6) is 0 Å². The number of esters is 1. The van der Waals surface area contributed by atoms with E-state index in [-0.39, 0.29) is 30.0 Å². The molecule has 3 aliphatic rings. The van der Waals surface area contributed by atoms with Gasteiger partial charge in [0.1, 0.15) is 5.60 Å². The molecule has 140 valence electrons. The summed E-state index contributed by atoms with van der Waals surface area (Å²) >= 11 is 0. The molecule has 25 heavy (non-hydrogen) atoms. The van der Waals surface area contributed by atoms with Crippen LogP contribution in [0.3, 0.4) is 0 Å². The lowest BCUT2D eigenvalue weighted by atomic mass is 9.78. The highest BCUT2D eigenvalue weighted by Crippen LogP contribution is 2.44. The van der Waals surface area contributed by atoms with Crippen molar-refractivity contribution in [3.8, 4) is 0 Å². The maximum Gasteiger partial charge on any atom is 0.310 e. The summed E-state index contributed by atoms with van der Waals surface area (Å²) in [6.45, 7) is 6.44. The first kappa shape index (κ1) is 18.2. The Morgan fingerprint density at radius 3 is 2.08 bits per heavy atom. The van der Waals surface area contributed by atoms with Gasteiger partial charge in [-0.15, -0.1) is 0 Å². The van der Waals surface area contributed by atoms with E-state index in [2.05, 4.69) is 0 Å². The summed E-state index contributed by atoms with van der Waals surface area (Å²) in [5.41, 5.74) is -0.515. The van der Waals surface area contributed by atoms with E-state index in [0.29, 0.717) is 32.4 Å². The Labute approximate surface area is 147 Å². The molecule has 0 spiro atoms. The summed E-state index contributed by atoms with van der Waals surface area (Å²) in [5, 5.41) is 9.46. The van der Waals surface area contributed by atoms with Gasteiger partial charge in [-0.2, -0.15) is 0 Å². The van der Waals surface area contributed by atoms with E-state index < -0.39 is 23.4 Å². The predicted molar refractivity (Wildman–Crippen MR) is 87.7 cm³/mol. The fraction of sp³-hybridized carbons (Fsp3) is 0.833. The third-order valence-corrected chi connectivity index (χ3v) is 5.39. The first-order valence-corrected chi connectivity index (χ1v) is 9.07. The molecule has 0 aromatic carbocycles. The van der Waals surface area contributed by atoms with E-state index in [1.165, 1.54) is 0 Å². The highest BCUT2D eigenvalue weighted by molar-refractivity contribution is 5.87. The second-order valence-corrected chi connectivity index (χ2v) is 8.31. The predicted octanol–water partition coefficient (Wildman–Crippen LogP) is 1.44. The molecule has 3 aliphatic heterocycles. The number of rotatable bonds is 3. The van der Waals surface area contributed by atoms with E-state index in [0.717, 1.165) is 6.42 Å². The molecule has 3 fully saturated rings. The summed E-state index contributed by atoms with van der Waals surface area (Å²) < 4.78 is 11.1. The van der Waals surface area contributed by atoms with Crippen molar-refractivity contribution in [1.29, 1.82) is 0 Å². The standard InChI is InChI=1S/C18H27NO6/c1-18(2,3)25-17(23)10-6-8-19(9-7-10)15(20)13-11-4-5-12(24-11)14(13)16(21)22/h10-14H,4-9H2,1-3H3,(H,21,22). The summed E-state index contributed by atoms with van der Waals surface area (Å²) in [6, 6.07) is 0. The average Bonchev–Trinajstić information content (AvgIpc) is 3.13. The van der Waals surface area contributed by atoms with Crippen molar-refractivity contribution < 1.29 is 29.0 Å². The fourth-order valence-corrected chi connectivity index (χ4v) is 4.24. The van der Waals surface area contributed by atoms with Gasteiger partial charge in [-0.1, -0.05) is 0 Å². The number of piperidine rings is 1. The van der Waals surface area contributed by atoms with Crippen LogP contribution in [-0.2, 0) is 23.9 Å². The largest absolute Gasteiger partial charge is 0.481 e. The van der Waals surface area contributed by atoms with Crippen molar-refractivity contribution in [2.24, 2.45) is 17.8 Å². The Morgan fingerprint density at radius 1 is 1.00 bits per heavy atom. The third kappa shape index (κ3) is 3.66. The van der Waals surface area contributed by atoms with Crippen molar-refractivity contribution in [3.63, 3.8) is 0 Å². The smallest absolute Gasteiger partial charge is 0.310 e. The number of carbonyl (C=O) groups is 3. The van der Waals surface area contributed by atoms with Crippen molar-refractivity contribution in [1.82, 2.24) is 4.90 Å². The number of fused-ring (bicyclic) bond motifs is 2. The van der Waals surface area contributed by atoms with E-state index in [9.17, 15) is 19.5 Å². The molecule has 3 rings (SSSR count). The van der Waals surface area contributed by atoms with E-state index in [1.807, 2.05) is 20.8 Å². The maximum absolute atomic E-state index is 12.9. The molecular weight excluding hydrogens is 326 g/mol. The minimum absolute atomic E-state index is 0.137. The molecular formula is C18H27NO6. The van der Waals surface area contributed by atoms with Crippen molar-refractivity contribution in [2.45, 2.75) is 64.3 Å². The number of ether oxygens (including phenoxy) is 2. The number of hydrogen-bond acceptors (Lipinski definition) is 5. The first-order chi connectivity index (χ1) is 11.7. The summed E-state index contributed by atoms with van der Waals surface area (Å²) in [5.74, 6) is -2.83. The number of carboxylic acid groups (broad SMARTS) is 1. The van der Waals surface area contributed by atoms with Crippen LogP contribution in [0.2, 0.25) is 0 Å². The molecule has 3 heterocycles. The molecule has 1 N–H and O–H groups in total. The normalized spacial score (nSPS) is 32.7. The Bertz CT molecular complexity index is 560. The van der Waals surface area contributed by atoms with Gasteiger partial charge in [0.25, 0.3) is 0 Å². The van der Waals surface area contributed by atoms with Crippen LogP contribution in [0.15, 0.2) is 0 Å². The molecule has 1 amide bonds. The van der Waals surface area contributed by atoms with Gasteiger partial charge in [0.15, 0.2) is 0 Å². The highest BCUT2D eigenvalue weighted by atomic mass is 16.6. The molecule has 3 saturated heterocycles. The van der Waals surface area contributed by atoms with Gasteiger partial charge in [0.2, 0.25) is 5.91 Å². The van der Waals surface area contributed by atoms with Crippen LogP contribution in [0.4, 0.5) is 0 Å². The fourth-order valence-electron chi connectivity index (χ4n) is 4.24. The number of hydrogen-bond donors (Lipinski definition) is 1. The monoisotopic (exact) mass is 353 g/mol.